The highest BCUT2D eigenvalue weighted by Gasteiger charge is 2.59. The van der Waals surface area contributed by atoms with Crippen LogP contribution in [0.4, 0.5) is 11.4 Å². The maximum absolute atomic E-state index is 13.4. The summed E-state index contributed by atoms with van der Waals surface area (Å²) in [4.78, 5) is 33.9. The third-order valence-electron chi connectivity index (χ3n) is 5.67. The third kappa shape index (κ3) is 3.67. The van der Waals surface area contributed by atoms with Crippen LogP contribution in [0.15, 0.2) is 54.6 Å². The zero-order valence-corrected chi connectivity index (χ0v) is 17.5. The second-order valence-electron chi connectivity index (χ2n) is 7.78. The van der Waals surface area contributed by atoms with Gasteiger partial charge >= 0.3 is 0 Å². The largest absolute Gasteiger partial charge is 0.494 e. The van der Waals surface area contributed by atoms with Crippen molar-refractivity contribution >= 4 is 23.2 Å². The molecule has 0 saturated carbocycles. The van der Waals surface area contributed by atoms with Crippen molar-refractivity contribution < 1.29 is 19.2 Å². The van der Waals surface area contributed by atoms with Crippen molar-refractivity contribution in [1.29, 1.82) is 0 Å². The van der Waals surface area contributed by atoms with Crippen LogP contribution in [0.5, 0.6) is 5.75 Å². The molecule has 2 heterocycles. The fourth-order valence-corrected chi connectivity index (χ4v) is 4.19. The molecule has 2 amide bonds. The number of anilines is 2. The standard InChI is InChI=1S/C24H28N2O4/c1-3-5-11-20-21-22(30-26(20)18-9-7-6-8-10-18)24(28)25(23(21)27)17-12-14-19(15-13-17)29-16-4-2/h6-10,12-15,20-22H,3-5,11,16H2,1-2H3/t20-,21+,22+/m1/s1. The van der Waals surface area contributed by atoms with Crippen LogP contribution in [0.2, 0.25) is 0 Å². The molecule has 3 atom stereocenters. The Morgan fingerprint density at radius 1 is 0.900 bits per heavy atom. The molecule has 6 heteroatoms. The number of hydrogen-bond donors (Lipinski definition) is 0. The van der Waals surface area contributed by atoms with Gasteiger partial charge in [0.15, 0.2) is 6.10 Å². The number of hydroxylamine groups is 1. The van der Waals surface area contributed by atoms with Crippen LogP contribution in [0.25, 0.3) is 0 Å². The molecule has 0 unspecified atom stereocenters. The number of rotatable bonds is 8. The Hall–Kier alpha value is -2.86. The molecule has 30 heavy (non-hydrogen) atoms. The monoisotopic (exact) mass is 408 g/mol. The molecule has 2 aromatic carbocycles. The van der Waals surface area contributed by atoms with Crippen molar-refractivity contribution in [3.63, 3.8) is 0 Å². The topological polar surface area (TPSA) is 59.1 Å². The van der Waals surface area contributed by atoms with E-state index in [-0.39, 0.29) is 17.9 Å². The molecule has 0 aliphatic carbocycles. The van der Waals surface area contributed by atoms with E-state index in [0.29, 0.717) is 12.3 Å². The van der Waals surface area contributed by atoms with E-state index in [1.807, 2.05) is 37.3 Å². The summed E-state index contributed by atoms with van der Waals surface area (Å²) in [6.45, 7) is 4.80. The molecular formula is C24H28N2O4. The van der Waals surface area contributed by atoms with Crippen molar-refractivity contribution in [3.05, 3.63) is 54.6 Å². The van der Waals surface area contributed by atoms with Gasteiger partial charge in [-0.05, 0) is 49.2 Å². The van der Waals surface area contributed by atoms with Crippen LogP contribution in [0.1, 0.15) is 39.5 Å². The lowest BCUT2D eigenvalue weighted by atomic mass is 9.92. The number of carbonyl (C=O) groups is 2. The minimum atomic E-state index is -0.782. The Labute approximate surface area is 177 Å². The molecule has 0 bridgehead atoms. The maximum Gasteiger partial charge on any atom is 0.266 e. The predicted octanol–water partition coefficient (Wildman–Crippen LogP) is 4.34. The van der Waals surface area contributed by atoms with Gasteiger partial charge in [0.05, 0.1) is 29.9 Å². The van der Waals surface area contributed by atoms with Crippen molar-refractivity contribution in [2.75, 3.05) is 16.6 Å². The van der Waals surface area contributed by atoms with Gasteiger partial charge in [-0.2, -0.15) is 0 Å². The zero-order valence-electron chi connectivity index (χ0n) is 17.5. The van der Waals surface area contributed by atoms with Gasteiger partial charge in [0, 0.05) is 0 Å². The average molecular weight is 408 g/mol. The minimum Gasteiger partial charge on any atom is -0.494 e. The minimum absolute atomic E-state index is 0.161. The number of carbonyl (C=O) groups excluding carboxylic acids is 2. The lowest BCUT2D eigenvalue weighted by Gasteiger charge is -2.28. The van der Waals surface area contributed by atoms with Gasteiger partial charge in [-0.25, -0.2) is 9.96 Å². The highest BCUT2D eigenvalue weighted by Crippen LogP contribution is 2.42. The van der Waals surface area contributed by atoms with Gasteiger partial charge < -0.3 is 4.74 Å². The Balaban J connectivity index is 1.58. The quantitative estimate of drug-likeness (QED) is 0.608. The number of nitrogens with zero attached hydrogens (tertiary/aromatic N) is 2. The van der Waals surface area contributed by atoms with Gasteiger partial charge in [-0.3, -0.25) is 14.4 Å². The van der Waals surface area contributed by atoms with E-state index in [9.17, 15) is 9.59 Å². The average Bonchev–Trinajstić information content (AvgIpc) is 3.27. The first-order valence-corrected chi connectivity index (χ1v) is 10.8. The van der Waals surface area contributed by atoms with Crippen LogP contribution in [-0.4, -0.2) is 30.6 Å². The van der Waals surface area contributed by atoms with E-state index in [0.717, 1.165) is 37.1 Å². The molecule has 0 radical (unpaired) electrons. The molecule has 2 aliphatic rings. The molecule has 0 aromatic heterocycles. The van der Waals surface area contributed by atoms with E-state index < -0.39 is 12.0 Å². The van der Waals surface area contributed by atoms with E-state index in [1.165, 1.54) is 4.90 Å². The molecule has 158 valence electrons. The van der Waals surface area contributed by atoms with Gasteiger partial charge in [0.25, 0.3) is 5.91 Å². The van der Waals surface area contributed by atoms with Crippen LogP contribution in [0.3, 0.4) is 0 Å². The van der Waals surface area contributed by atoms with Crippen LogP contribution < -0.4 is 14.7 Å². The SMILES string of the molecule is CCCC[C@@H]1[C@@H]2C(=O)N(c3ccc(OCCC)cc3)C(=O)[C@H]2ON1c1ccccc1. The maximum atomic E-state index is 13.4. The normalized spacial score (nSPS) is 23.2. The molecule has 6 nitrogen and oxygen atoms in total. The van der Waals surface area contributed by atoms with E-state index in [4.69, 9.17) is 9.57 Å². The highest BCUT2D eigenvalue weighted by atomic mass is 16.7. The summed E-state index contributed by atoms with van der Waals surface area (Å²) in [5.74, 6) is -0.258. The number of ether oxygens (including phenoxy) is 1. The fraction of sp³-hybridized carbons (Fsp3) is 0.417. The van der Waals surface area contributed by atoms with Gasteiger partial charge in [0.2, 0.25) is 5.91 Å². The van der Waals surface area contributed by atoms with Gasteiger partial charge in [-0.1, -0.05) is 44.9 Å². The molecular weight excluding hydrogens is 380 g/mol. The number of imide groups is 1. The molecule has 0 spiro atoms. The summed E-state index contributed by atoms with van der Waals surface area (Å²) >= 11 is 0. The van der Waals surface area contributed by atoms with E-state index >= 15 is 0 Å². The third-order valence-corrected chi connectivity index (χ3v) is 5.67. The molecule has 2 aromatic rings. The number of amides is 2. The summed E-state index contributed by atoms with van der Waals surface area (Å²) in [5, 5.41) is 1.78. The highest BCUT2D eigenvalue weighted by molar-refractivity contribution is 6.23. The molecule has 0 N–H and O–H groups in total. The number of para-hydroxylation sites is 1. The fourth-order valence-electron chi connectivity index (χ4n) is 4.19. The van der Waals surface area contributed by atoms with Crippen molar-refractivity contribution in [1.82, 2.24) is 0 Å². The van der Waals surface area contributed by atoms with Gasteiger partial charge in [-0.15, -0.1) is 0 Å². The second-order valence-corrected chi connectivity index (χ2v) is 7.78. The van der Waals surface area contributed by atoms with Crippen LogP contribution in [-0.2, 0) is 14.4 Å². The number of fused-ring (bicyclic) bond motifs is 1. The number of benzene rings is 2. The van der Waals surface area contributed by atoms with Gasteiger partial charge in [0.1, 0.15) is 5.75 Å². The lowest BCUT2D eigenvalue weighted by molar-refractivity contribution is -0.126. The number of hydrogen-bond acceptors (Lipinski definition) is 5. The van der Waals surface area contributed by atoms with Crippen molar-refractivity contribution in [3.8, 4) is 5.75 Å². The molecule has 2 aliphatic heterocycles. The summed E-state index contributed by atoms with van der Waals surface area (Å²) in [7, 11) is 0. The van der Waals surface area contributed by atoms with E-state index in [2.05, 4.69) is 6.92 Å². The smallest absolute Gasteiger partial charge is 0.266 e. The summed E-state index contributed by atoms with van der Waals surface area (Å²) in [6, 6.07) is 16.7. The van der Waals surface area contributed by atoms with Crippen molar-refractivity contribution in [2.45, 2.75) is 51.7 Å². The summed E-state index contributed by atoms with van der Waals surface area (Å²) in [5.41, 5.74) is 1.44. The summed E-state index contributed by atoms with van der Waals surface area (Å²) in [6.07, 6.45) is 2.91. The lowest BCUT2D eigenvalue weighted by Crippen LogP contribution is -2.40. The van der Waals surface area contributed by atoms with Crippen molar-refractivity contribution in [2.24, 2.45) is 5.92 Å². The van der Waals surface area contributed by atoms with Crippen LogP contribution >= 0.6 is 0 Å². The molecule has 4 rings (SSSR count). The molecule has 2 saturated heterocycles. The Morgan fingerprint density at radius 2 is 1.63 bits per heavy atom. The van der Waals surface area contributed by atoms with Crippen LogP contribution in [0, 0.1) is 5.92 Å². The second kappa shape index (κ2) is 8.88. The first-order valence-electron chi connectivity index (χ1n) is 10.8. The first-order chi connectivity index (χ1) is 14.7. The Kier molecular flexibility index (Phi) is 6.04. The predicted molar refractivity (Wildman–Crippen MR) is 115 cm³/mol. The number of unbranched alkanes of at least 4 members (excludes halogenated alkanes) is 1. The molecule has 2 fully saturated rings. The Morgan fingerprint density at radius 3 is 2.30 bits per heavy atom. The summed E-state index contributed by atoms with van der Waals surface area (Å²) < 4.78 is 5.61. The Bertz CT molecular complexity index is 884. The van der Waals surface area contributed by atoms with E-state index in [1.54, 1.807) is 29.3 Å². The zero-order chi connectivity index (χ0) is 21.1. The first kappa shape index (κ1) is 20.4.